The molecule has 0 aromatic carbocycles. The number of pyridine rings is 1. The zero-order chi connectivity index (χ0) is 11.5. The summed E-state index contributed by atoms with van der Waals surface area (Å²) >= 11 is 0. The van der Waals surface area contributed by atoms with E-state index in [4.69, 9.17) is 9.84 Å². The van der Waals surface area contributed by atoms with Crippen molar-refractivity contribution in [1.29, 1.82) is 0 Å². The van der Waals surface area contributed by atoms with E-state index in [9.17, 15) is 0 Å². The minimum atomic E-state index is 0.0380. The maximum absolute atomic E-state index is 8.80. The average Bonchev–Trinajstić information content (AvgIpc) is 2.72. The van der Waals surface area contributed by atoms with Gasteiger partial charge in [0.1, 0.15) is 6.61 Å². The molecule has 88 valence electrons. The Morgan fingerprint density at radius 1 is 1.44 bits per heavy atom. The van der Waals surface area contributed by atoms with Crippen LogP contribution in [-0.4, -0.2) is 23.3 Å². The second-order valence-electron chi connectivity index (χ2n) is 4.56. The van der Waals surface area contributed by atoms with Gasteiger partial charge in [0.25, 0.3) is 0 Å². The first-order valence-corrected chi connectivity index (χ1v) is 5.98. The molecule has 1 aromatic rings. The van der Waals surface area contributed by atoms with Gasteiger partial charge >= 0.3 is 0 Å². The molecule has 1 aliphatic carbocycles. The van der Waals surface area contributed by atoms with Crippen LogP contribution < -0.4 is 4.74 Å². The van der Waals surface area contributed by atoms with E-state index in [2.05, 4.69) is 18.8 Å². The highest BCUT2D eigenvalue weighted by Gasteiger charge is 2.21. The van der Waals surface area contributed by atoms with Crippen LogP contribution in [0.25, 0.3) is 0 Å². The number of aliphatic hydroxyl groups is 1. The van der Waals surface area contributed by atoms with Gasteiger partial charge in [-0.3, -0.25) is 0 Å². The van der Waals surface area contributed by atoms with Crippen molar-refractivity contribution in [3.8, 4) is 5.88 Å². The number of aliphatic hydroxyl groups excluding tert-OH is 1. The highest BCUT2D eigenvalue weighted by molar-refractivity contribution is 5.44. The summed E-state index contributed by atoms with van der Waals surface area (Å²) in [5.74, 6) is 1.14. The van der Waals surface area contributed by atoms with Gasteiger partial charge in [-0.25, -0.2) is 4.98 Å². The van der Waals surface area contributed by atoms with Crippen LogP contribution in [0.1, 0.15) is 42.9 Å². The van der Waals surface area contributed by atoms with Crippen LogP contribution in [0.3, 0.4) is 0 Å². The van der Waals surface area contributed by atoms with Gasteiger partial charge in [-0.1, -0.05) is 13.8 Å². The Morgan fingerprint density at radius 2 is 2.25 bits per heavy atom. The molecule has 3 heteroatoms. The first-order valence-electron chi connectivity index (χ1n) is 5.98. The lowest BCUT2D eigenvalue weighted by Crippen LogP contribution is -2.08. The van der Waals surface area contributed by atoms with E-state index in [1.165, 1.54) is 23.1 Å². The molecule has 0 radical (unpaired) electrons. The van der Waals surface area contributed by atoms with E-state index in [0.29, 0.717) is 18.4 Å². The summed E-state index contributed by atoms with van der Waals surface area (Å²) in [5.41, 5.74) is 4.04. The van der Waals surface area contributed by atoms with Crippen molar-refractivity contribution in [3.05, 3.63) is 22.9 Å². The third-order valence-corrected chi connectivity index (χ3v) is 3.06. The topological polar surface area (TPSA) is 42.4 Å². The summed E-state index contributed by atoms with van der Waals surface area (Å²) in [5, 5.41) is 8.80. The lowest BCUT2D eigenvalue weighted by atomic mass is 9.96. The zero-order valence-corrected chi connectivity index (χ0v) is 9.99. The monoisotopic (exact) mass is 221 g/mol. The lowest BCUT2D eigenvalue weighted by molar-refractivity contribution is 0.195. The molecule has 0 atom stereocenters. The number of fused-ring (bicyclic) bond motifs is 1. The molecule has 1 aliphatic rings. The standard InChI is InChI=1S/C13H19NO2/c1-9(2)12-11-5-3-4-10(11)8-14-13(12)16-7-6-15/h8-9,15H,3-7H2,1-2H3. The molecule has 0 saturated heterocycles. The minimum Gasteiger partial charge on any atom is -0.475 e. The Kier molecular flexibility index (Phi) is 3.44. The summed E-state index contributed by atoms with van der Waals surface area (Å²) in [6, 6.07) is 0. The van der Waals surface area contributed by atoms with Gasteiger partial charge in [0.05, 0.1) is 6.61 Å². The molecule has 0 bridgehead atoms. The van der Waals surface area contributed by atoms with Gasteiger partial charge < -0.3 is 9.84 Å². The summed E-state index contributed by atoms with van der Waals surface area (Å²) in [4.78, 5) is 4.38. The summed E-state index contributed by atoms with van der Waals surface area (Å²) in [6.07, 6.45) is 5.43. The Bertz CT molecular complexity index is 374. The third-order valence-electron chi connectivity index (χ3n) is 3.06. The molecule has 0 spiro atoms. The Balaban J connectivity index is 2.37. The Labute approximate surface area is 96.5 Å². The van der Waals surface area contributed by atoms with Crippen LogP contribution >= 0.6 is 0 Å². The zero-order valence-electron chi connectivity index (χ0n) is 9.99. The SMILES string of the molecule is CC(C)c1c(OCCO)ncc2c1CCC2. The van der Waals surface area contributed by atoms with Crippen molar-refractivity contribution in [2.24, 2.45) is 0 Å². The molecule has 1 aromatic heterocycles. The fourth-order valence-corrected chi connectivity index (χ4v) is 2.41. The molecular weight excluding hydrogens is 202 g/mol. The summed E-state index contributed by atoms with van der Waals surface area (Å²) in [6.45, 7) is 4.70. The van der Waals surface area contributed by atoms with Gasteiger partial charge in [-0.05, 0) is 36.3 Å². The summed E-state index contributed by atoms with van der Waals surface area (Å²) in [7, 11) is 0. The number of hydrogen-bond acceptors (Lipinski definition) is 3. The van der Waals surface area contributed by atoms with Crippen LogP contribution in [0.15, 0.2) is 6.20 Å². The molecule has 0 saturated carbocycles. The maximum Gasteiger partial charge on any atom is 0.217 e. The van der Waals surface area contributed by atoms with Gasteiger partial charge in [0.15, 0.2) is 0 Å². The van der Waals surface area contributed by atoms with E-state index >= 15 is 0 Å². The fraction of sp³-hybridized carbons (Fsp3) is 0.615. The number of rotatable bonds is 4. The smallest absolute Gasteiger partial charge is 0.217 e. The van der Waals surface area contributed by atoms with Crippen molar-refractivity contribution < 1.29 is 9.84 Å². The quantitative estimate of drug-likeness (QED) is 0.846. The van der Waals surface area contributed by atoms with Gasteiger partial charge in [0, 0.05) is 11.8 Å². The van der Waals surface area contributed by atoms with E-state index < -0.39 is 0 Å². The lowest BCUT2D eigenvalue weighted by Gasteiger charge is -2.16. The van der Waals surface area contributed by atoms with Crippen LogP contribution in [0, 0.1) is 0 Å². The van der Waals surface area contributed by atoms with Crippen molar-refractivity contribution in [2.45, 2.75) is 39.0 Å². The molecule has 0 amide bonds. The molecule has 0 unspecified atom stereocenters. The number of ether oxygens (including phenoxy) is 1. The molecule has 1 heterocycles. The van der Waals surface area contributed by atoms with E-state index in [-0.39, 0.29) is 6.61 Å². The Morgan fingerprint density at radius 3 is 2.94 bits per heavy atom. The van der Waals surface area contributed by atoms with Crippen LogP contribution in [-0.2, 0) is 12.8 Å². The molecule has 0 aliphatic heterocycles. The largest absolute Gasteiger partial charge is 0.475 e. The molecule has 0 fully saturated rings. The number of aromatic nitrogens is 1. The van der Waals surface area contributed by atoms with Crippen LogP contribution in [0.5, 0.6) is 5.88 Å². The van der Waals surface area contributed by atoms with Crippen LogP contribution in [0.4, 0.5) is 0 Å². The molecule has 1 N–H and O–H groups in total. The van der Waals surface area contributed by atoms with Crippen molar-refractivity contribution in [1.82, 2.24) is 4.98 Å². The van der Waals surface area contributed by atoms with E-state index in [1.807, 2.05) is 6.20 Å². The predicted molar refractivity (Wildman–Crippen MR) is 62.9 cm³/mol. The Hall–Kier alpha value is -1.09. The maximum atomic E-state index is 8.80. The minimum absolute atomic E-state index is 0.0380. The van der Waals surface area contributed by atoms with Gasteiger partial charge in [-0.15, -0.1) is 0 Å². The molecular formula is C13H19NO2. The highest BCUT2D eigenvalue weighted by Crippen LogP contribution is 2.34. The first-order chi connectivity index (χ1) is 7.74. The summed E-state index contributed by atoms with van der Waals surface area (Å²) < 4.78 is 5.51. The second kappa shape index (κ2) is 4.83. The van der Waals surface area contributed by atoms with E-state index in [1.54, 1.807) is 0 Å². The highest BCUT2D eigenvalue weighted by atomic mass is 16.5. The van der Waals surface area contributed by atoms with E-state index in [0.717, 1.165) is 12.8 Å². The number of hydrogen-bond donors (Lipinski definition) is 1. The van der Waals surface area contributed by atoms with Crippen molar-refractivity contribution in [2.75, 3.05) is 13.2 Å². The second-order valence-corrected chi connectivity index (χ2v) is 4.56. The molecule has 3 nitrogen and oxygen atoms in total. The number of aryl methyl sites for hydroxylation is 1. The first kappa shape index (κ1) is 11.4. The predicted octanol–water partition coefficient (Wildman–Crippen LogP) is 2.06. The molecule has 16 heavy (non-hydrogen) atoms. The van der Waals surface area contributed by atoms with Crippen molar-refractivity contribution >= 4 is 0 Å². The van der Waals surface area contributed by atoms with Gasteiger partial charge in [-0.2, -0.15) is 0 Å². The third kappa shape index (κ3) is 2.05. The fourth-order valence-electron chi connectivity index (χ4n) is 2.41. The van der Waals surface area contributed by atoms with Crippen LogP contribution in [0.2, 0.25) is 0 Å². The van der Waals surface area contributed by atoms with Crippen molar-refractivity contribution in [3.63, 3.8) is 0 Å². The van der Waals surface area contributed by atoms with Gasteiger partial charge in [0.2, 0.25) is 5.88 Å². The molecule has 2 rings (SSSR count). The average molecular weight is 221 g/mol. The normalized spacial score (nSPS) is 14.2. The number of nitrogens with zero attached hydrogens (tertiary/aromatic N) is 1.